The van der Waals surface area contributed by atoms with Crippen LogP contribution in [0, 0.1) is 6.92 Å². The molecule has 0 unspecified atom stereocenters. The molecule has 146 valence electrons. The highest BCUT2D eigenvalue weighted by molar-refractivity contribution is 7.99. The average molecular weight is 405 g/mol. The summed E-state index contributed by atoms with van der Waals surface area (Å²) >= 11 is 1.48. The lowest BCUT2D eigenvalue weighted by Gasteiger charge is -2.08. The Morgan fingerprint density at radius 3 is 2.62 bits per heavy atom. The number of thioether (sulfide) groups is 1. The summed E-state index contributed by atoms with van der Waals surface area (Å²) in [6.45, 7) is 2.00. The molecule has 0 bridgehead atoms. The number of aryl methyl sites for hydroxylation is 1. The number of nitrogens with zero attached hydrogens (tertiary/aromatic N) is 4. The summed E-state index contributed by atoms with van der Waals surface area (Å²) in [6, 6.07) is 17.7. The third-order valence-corrected chi connectivity index (χ3v) is 5.36. The van der Waals surface area contributed by atoms with Crippen molar-refractivity contribution in [3.63, 3.8) is 0 Å². The van der Waals surface area contributed by atoms with Gasteiger partial charge in [0, 0.05) is 5.75 Å². The van der Waals surface area contributed by atoms with Gasteiger partial charge in [0.05, 0.1) is 17.6 Å². The summed E-state index contributed by atoms with van der Waals surface area (Å²) in [5, 5.41) is 4.62. The molecule has 0 radical (unpaired) electrons. The molecule has 0 saturated carbocycles. The molecule has 1 N–H and O–H groups in total. The summed E-state index contributed by atoms with van der Waals surface area (Å²) < 4.78 is 2.72. The minimum atomic E-state index is -0.366. The second-order valence-electron chi connectivity index (χ2n) is 6.56. The fourth-order valence-electron chi connectivity index (χ4n) is 2.87. The summed E-state index contributed by atoms with van der Waals surface area (Å²) in [7, 11) is 0. The maximum absolute atomic E-state index is 12.7. The average Bonchev–Trinajstić information content (AvgIpc) is 3.16. The van der Waals surface area contributed by atoms with E-state index in [4.69, 9.17) is 0 Å². The monoisotopic (exact) mass is 405 g/mol. The van der Waals surface area contributed by atoms with Gasteiger partial charge in [-0.25, -0.2) is 14.3 Å². The maximum atomic E-state index is 12.7. The van der Waals surface area contributed by atoms with Crippen molar-refractivity contribution in [2.24, 2.45) is 0 Å². The van der Waals surface area contributed by atoms with Crippen LogP contribution in [0.1, 0.15) is 11.1 Å². The van der Waals surface area contributed by atoms with Gasteiger partial charge in [-0.1, -0.05) is 48.0 Å². The van der Waals surface area contributed by atoms with E-state index in [9.17, 15) is 9.59 Å². The van der Waals surface area contributed by atoms with E-state index in [0.29, 0.717) is 11.0 Å². The molecule has 7 nitrogen and oxygen atoms in total. The Bertz CT molecular complexity index is 1200. The van der Waals surface area contributed by atoms with E-state index < -0.39 is 0 Å². The molecule has 2 heterocycles. The van der Waals surface area contributed by atoms with E-state index in [-0.39, 0.29) is 17.2 Å². The van der Waals surface area contributed by atoms with Crippen molar-refractivity contribution in [1.82, 2.24) is 19.4 Å². The van der Waals surface area contributed by atoms with Crippen LogP contribution in [0.2, 0.25) is 0 Å². The third-order valence-electron chi connectivity index (χ3n) is 4.36. The zero-order chi connectivity index (χ0) is 20.2. The Morgan fingerprint density at radius 1 is 1.10 bits per heavy atom. The number of aromatic nitrogens is 4. The molecule has 4 aromatic rings. The van der Waals surface area contributed by atoms with Gasteiger partial charge in [-0.15, -0.1) is 11.8 Å². The van der Waals surface area contributed by atoms with E-state index in [0.717, 1.165) is 27.2 Å². The molecule has 8 heteroatoms. The van der Waals surface area contributed by atoms with Gasteiger partial charge >= 0.3 is 0 Å². The zero-order valence-corrected chi connectivity index (χ0v) is 16.6. The first-order chi connectivity index (χ1) is 14.1. The fraction of sp³-hybridized carbons (Fsp3) is 0.143. The first-order valence-electron chi connectivity index (χ1n) is 9.06. The quantitative estimate of drug-likeness (QED) is 0.533. The van der Waals surface area contributed by atoms with E-state index >= 15 is 0 Å². The highest BCUT2D eigenvalue weighted by atomic mass is 32.2. The molecule has 2 aromatic carbocycles. The molecule has 0 spiro atoms. The van der Waals surface area contributed by atoms with Crippen molar-refractivity contribution in [2.75, 3.05) is 11.2 Å². The number of hydrogen-bond donors (Lipinski definition) is 1. The molecule has 0 aliphatic carbocycles. The van der Waals surface area contributed by atoms with Crippen LogP contribution in [0.15, 0.2) is 71.9 Å². The van der Waals surface area contributed by atoms with Gasteiger partial charge in [-0.05, 0) is 24.6 Å². The number of hydrogen-bond acceptors (Lipinski definition) is 5. The van der Waals surface area contributed by atoms with Crippen molar-refractivity contribution in [3.05, 3.63) is 88.6 Å². The molecule has 4 rings (SSSR count). The minimum Gasteiger partial charge on any atom is -0.272 e. The third kappa shape index (κ3) is 4.22. The van der Waals surface area contributed by atoms with Crippen LogP contribution >= 0.6 is 11.8 Å². The van der Waals surface area contributed by atoms with Gasteiger partial charge in [0.15, 0.2) is 5.65 Å². The highest BCUT2D eigenvalue weighted by Gasteiger charge is 2.13. The first-order valence-corrected chi connectivity index (χ1v) is 10.2. The van der Waals surface area contributed by atoms with Gasteiger partial charge in [0.2, 0.25) is 5.91 Å². The van der Waals surface area contributed by atoms with Gasteiger partial charge in [-0.3, -0.25) is 15.0 Å². The molecule has 0 aliphatic heterocycles. The minimum absolute atomic E-state index is 0.238. The SMILES string of the molecule is Cc1ccc(-n2ncc3c(=O)n(NC(=O)CSCc4ccccc4)cnc32)cc1. The van der Waals surface area contributed by atoms with Crippen molar-refractivity contribution < 1.29 is 4.79 Å². The molecule has 0 saturated heterocycles. The van der Waals surface area contributed by atoms with Crippen LogP contribution in [0.4, 0.5) is 0 Å². The lowest BCUT2D eigenvalue weighted by Crippen LogP contribution is -2.34. The maximum Gasteiger partial charge on any atom is 0.283 e. The number of rotatable bonds is 6. The summed E-state index contributed by atoms with van der Waals surface area (Å²) in [5.41, 5.74) is 5.77. The number of carbonyl (C=O) groups excluding carboxylic acids is 1. The lowest BCUT2D eigenvalue weighted by molar-refractivity contribution is -0.114. The Hall–Kier alpha value is -3.39. The van der Waals surface area contributed by atoms with E-state index in [2.05, 4.69) is 15.5 Å². The molecular weight excluding hydrogens is 386 g/mol. The molecule has 0 fully saturated rings. The zero-order valence-electron chi connectivity index (χ0n) is 15.8. The van der Waals surface area contributed by atoms with Crippen molar-refractivity contribution >= 4 is 28.7 Å². The Labute approximate surface area is 171 Å². The Balaban J connectivity index is 1.47. The number of amides is 1. The van der Waals surface area contributed by atoms with Crippen LogP contribution in [0.25, 0.3) is 16.7 Å². The van der Waals surface area contributed by atoms with E-state index in [1.807, 2.05) is 61.5 Å². The van der Waals surface area contributed by atoms with Crippen molar-refractivity contribution in [3.8, 4) is 5.69 Å². The molecular formula is C21H19N5O2S. The van der Waals surface area contributed by atoms with Crippen LogP contribution < -0.4 is 11.0 Å². The normalized spacial score (nSPS) is 10.9. The van der Waals surface area contributed by atoms with Crippen molar-refractivity contribution in [1.29, 1.82) is 0 Å². The molecule has 0 aliphatic rings. The van der Waals surface area contributed by atoms with Crippen LogP contribution in [0.3, 0.4) is 0 Å². The Morgan fingerprint density at radius 2 is 1.86 bits per heavy atom. The van der Waals surface area contributed by atoms with Gasteiger partial charge in [0.25, 0.3) is 5.56 Å². The van der Waals surface area contributed by atoms with Crippen molar-refractivity contribution in [2.45, 2.75) is 12.7 Å². The lowest BCUT2D eigenvalue weighted by atomic mass is 10.2. The number of benzene rings is 2. The second-order valence-corrected chi connectivity index (χ2v) is 7.55. The number of carbonyl (C=O) groups is 1. The van der Waals surface area contributed by atoms with E-state index in [1.165, 1.54) is 24.3 Å². The molecule has 0 atom stereocenters. The largest absolute Gasteiger partial charge is 0.283 e. The summed E-state index contributed by atoms with van der Waals surface area (Å²) in [5.74, 6) is 0.700. The van der Waals surface area contributed by atoms with Crippen LogP contribution in [-0.2, 0) is 10.5 Å². The van der Waals surface area contributed by atoms with E-state index in [1.54, 1.807) is 4.68 Å². The van der Waals surface area contributed by atoms with Crippen LogP contribution in [-0.4, -0.2) is 31.1 Å². The topological polar surface area (TPSA) is 81.8 Å². The predicted octanol–water partition coefficient (Wildman–Crippen LogP) is 2.89. The molecule has 29 heavy (non-hydrogen) atoms. The van der Waals surface area contributed by atoms with Gasteiger partial charge in [0.1, 0.15) is 11.7 Å². The fourth-order valence-corrected chi connectivity index (χ4v) is 3.65. The highest BCUT2D eigenvalue weighted by Crippen LogP contribution is 2.14. The summed E-state index contributed by atoms with van der Waals surface area (Å²) in [6.07, 6.45) is 2.79. The summed E-state index contributed by atoms with van der Waals surface area (Å²) in [4.78, 5) is 29.2. The first kappa shape index (κ1) is 18.9. The standard InChI is InChI=1S/C21H19N5O2S/c1-15-7-9-17(10-8-15)26-20-18(11-23-26)21(28)25(14-22-20)24-19(27)13-29-12-16-5-3-2-4-6-16/h2-11,14H,12-13H2,1H3,(H,24,27). The predicted molar refractivity (Wildman–Crippen MR) is 115 cm³/mol. The Kier molecular flexibility index (Phi) is 5.44. The smallest absolute Gasteiger partial charge is 0.272 e. The van der Waals surface area contributed by atoms with Gasteiger partial charge < -0.3 is 0 Å². The number of fused-ring (bicyclic) bond motifs is 1. The molecule has 1 amide bonds. The molecule has 2 aromatic heterocycles. The van der Waals surface area contributed by atoms with Gasteiger partial charge in [-0.2, -0.15) is 5.10 Å². The second kappa shape index (κ2) is 8.32. The number of nitrogens with one attached hydrogen (secondary N) is 1. The van der Waals surface area contributed by atoms with Crippen LogP contribution in [0.5, 0.6) is 0 Å².